The first-order chi connectivity index (χ1) is 14.0. The number of benzene rings is 2. The molecule has 0 bridgehead atoms. The van der Waals surface area contributed by atoms with Crippen LogP contribution in [-0.2, 0) is 13.1 Å². The van der Waals surface area contributed by atoms with Gasteiger partial charge in [-0.15, -0.1) is 11.3 Å². The van der Waals surface area contributed by atoms with Crippen molar-refractivity contribution < 1.29 is 4.74 Å². The highest BCUT2D eigenvalue weighted by atomic mass is 79.9. The van der Waals surface area contributed by atoms with Gasteiger partial charge in [0.1, 0.15) is 5.75 Å². The number of methoxy groups -OCH3 is 1. The normalized spacial score (nSPS) is 11.3. The number of hydrogen-bond acceptors (Lipinski definition) is 5. The van der Waals surface area contributed by atoms with Crippen molar-refractivity contribution in [2.45, 2.75) is 13.1 Å². The summed E-state index contributed by atoms with van der Waals surface area (Å²) in [4.78, 5) is 20.4. The van der Waals surface area contributed by atoms with Gasteiger partial charge in [0.2, 0.25) is 0 Å². The van der Waals surface area contributed by atoms with E-state index in [1.54, 1.807) is 17.6 Å². The lowest BCUT2D eigenvalue weighted by atomic mass is 10.2. The topological polar surface area (TPSA) is 46.8 Å². The summed E-state index contributed by atoms with van der Waals surface area (Å²) in [5, 5.41) is 1.99. The molecule has 0 atom stereocenters. The fourth-order valence-electron chi connectivity index (χ4n) is 3.35. The molecular formula is C22H20BrN3O2S. The van der Waals surface area contributed by atoms with Gasteiger partial charge >= 0.3 is 0 Å². The zero-order chi connectivity index (χ0) is 20.4. The van der Waals surface area contributed by atoms with Crippen LogP contribution in [0.25, 0.3) is 16.2 Å². The molecule has 0 amide bonds. The largest absolute Gasteiger partial charge is 0.496 e. The molecule has 0 radical (unpaired) electrons. The SMILES string of the molecule is COc1ccc(Br)cc1CN(C)Cc1cc(=O)n2c(-c3ccccc3)csc2n1. The zero-order valence-electron chi connectivity index (χ0n) is 16.1. The minimum atomic E-state index is -0.0569. The molecule has 0 fully saturated rings. The molecule has 0 saturated heterocycles. The molecular weight excluding hydrogens is 450 g/mol. The van der Waals surface area contributed by atoms with Crippen molar-refractivity contribution >= 4 is 32.2 Å². The van der Waals surface area contributed by atoms with Gasteiger partial charge in [0.25, 0.3) is 5.56 Å². The first kappa shape index (κ1) is 19.8. The van der Waals surface area contributed by atoms with Crippen LogP contribution in [0.15, 0.2) is 69.2 Å². The summed E-state index contributed by atoms with van der Waals surface area (Å²) in [5.41, 5.74) is 3.66. The van der Waals surface area contributed by atoms with Crippen LogP contribution in [0.5, 0.6) is 5.75 Å². The number of ether oxygens (including phenoxy) is 1. The molecule has 7 heteroatoms. The maximum Gasteiger partial charge on any atom is 0.259 e. The molecule has 5 nitrogen and oxygen atoms in total. The van der Waals surface area contributed by atoms with Crippen molar-refractivity contribution in [2.24, 2.45) is 0 Å². The van der Waals surface area contributed by atoms with E-state index in [0.717, 1.165) is 32.7 Å². The quantitative estimate of drug-likeness (QED) is 0.405. The van der Waals surface area contributed by atoms with Gasteiger partial charge < -0.3 is 4.74 Å². The van der Waals surface area contributed by atoms with E-state index in [1.165, 1.54) is 11.3 Å². The molecule has 4 rings (SSSR count). The predicted octanol–water partition coefficient (Wildman–Crippen LogP) is 4.83. The summed E-state index contributed by atoms with van der Waals surface area (Å²) in [6.45, 7) is 1.25. The maximum atomic E-state index is 12.8. The Morgan fingerprint density at radius 3 is 2.69 bits per heavy atom. The molecule has 2 aromatic carbocycles. The van der Waals surface area contributed by atoms with Crippen molar-refractivity contribution in [3.05, 3.63) is 86.1 Å². The Labute approximate surface area is 181 Å². The second-order valence-corrected chi connectivity index (χ2v) is 8.57. The van der Waals surface area contributed by atoms with Crippen LogP contribution in [0.1, 0.15) is 11.3 Å². The third-order valence-corrected chi connectivity index (χ3v) is 5.96. The van der Waals surface area contributed by atoms with E-state index in [0.29, 0.717) is 18.1 Å². The summed E-state index contributed by atoms with van der Waals surface area (Å²) in [5.74, 6) is 0.842. The highest BCUT2D eigenvalue weighted by Gasteiger charge is 2.13. The van der Waals surface area contributed by atoms with Crippen LogP contribution in [0.3, 0.4) is 0 Å². The second kappa shape index (κ2) is 8.49. The highest BCUT2D eigenvalue weighted by molar-refractivity contribution is 9.10. The van der Waals surface area contributed by atoms with Gasteiger partial charge in [0.05, 0.1) is 18.5 Å². The van der Waals surface area contributed by atoms with Crippen molar-refractivity contribution in [1.29, 1.82) is 0 Å². The van der Waals surface area contributed by atoms with Crippen molar-refractivity contribution in [3.8, 4) is 17.0 Å². The number of fused-ring (bicyclic) bond motifs is 1. The summed E-state index contributed by atoms with van der Waals surface area (Å²) in [6.07, 6.45) is 0. The Morgan fingerprint density at radius 1 is 1.14 bits per heavy atom. The molecule has 0 aliphatic rings. The van der Waals surface area contributed by atoms with E-state index in [1.807, 2.05) is 61.0 Å². The third-order valence-electron chi connectivity index (χ3n) is 4.64. The van der Waals surface area contributed by atoms with E-state index in [-0.39, 0.29) is 5.56 Å². The maximum absolute atomic E-state index is 12.8. The van der Waals surface area contributed by atoms with Crippen LogP contribution >= 0.6 is 27.3 Å². The molecule has 2 heterocycles. The van der Waals surface area contributed by atoms with Crippen molar-refractivity contribution in [3.63, 3.8) is 0 Å². The van der Waals surface area contributed by atoms with Crippen LogP contribution in [-0.4, -0.2) is 28.4 Å². The molecule has 0 unspecified atom stereocenters. The number of nitrogens with zero attached hydrogens (tertiary/aromatic N) is 3. The van der Waals surface area contributed by atoms with Gasteiger partial charge in [-0.1, -0.05) is 46.3 Å². The van der Waals surface area contributed by atoms with Gasteiger partial charge in [0.15, 0.2) is 4.96 Å². The number of halogens is 1. The van der Waals surface area contributed by atoms with Gasteiger partial charge in [-0.3, -0.25) is 14.1 Å². The summed E-state index contributed by atoms with van der Waals surface area (Å²) < 4.78 is 8.15. The molecule has 4 aromatic rings. The number of rotatable bonds is 6. The Hall–Kier alpha value is -2.48. The monoisotopic (exact) mass is 469 g/mol. The van der Waals surface area contributed by atoms with Crippen molar-refractivity contribution in [1.82, 2.24) is 14.3 Å². The first-order valence-electron chi connectivity index (χ1n) is 9.11. The lowest BCUT2D eigenvalue weighted by molar-refractivity contribution is 0.306. The van der Waals surface area contributed by atoms with Gasteiger partial charge in [-0.25, -0.2) is 4.98 Å². The molecule has 0 aliphatic carbocycles. The van der Waals surface area contributed by atoms with Gasteiger partial charge in [0, 0.05) is 34.6 Å². The van der Waals surface area contributed by atoms with Gasteiger partial charge in [-0.2, -0.15) is 0 Å². The smallest absolute Gasteiger partial charge is 0.259 e. The van der Waals surface area contributed by atoms with E-state index in [9.17, 15) is 4.79 Å². The molecule has 29 heavy (non-hydrogen) atoms. The average molecular weight is 470 g/mol. The number of aromatic nitrogens is 2. The Balaban J connectivity index is 1.59. The fraction of sp³-hybridized carbons (Fsp3) is 0.182. The lowest BCUT2D eigenvalue weighted by Gasteiger charge is -2.18. The third kappa shape index (κ3) is 4.27. The van der Waals surface area contributed by atoms with E-state index >= 15 is 0 Å². The Morgan fingerprint density at radius 2 is 1.93 bits per heavy atom. The van der Waals surface area contributed by atoms with E-state index in [2.05, 4.69) is 20.8 Å². The van der Waals surface area contributed by atoms with Crippen LogP contribution in [0, 0.1) is 0 Å². The van der Waals surface area contributed by atoms with E-state index in [4.69, 9.17) is 9.72 Å². The average Bonchev–Trinajstić information content (AvgIpc) is 3.13. The molecule has 0 N–H and O–H groups in total. The highest BCUT2D eigenvalue weighted by Crippen LogP contribution is 2.25. The molecule has 148 valence electrons. The summed E-state index contributed by atoms with van der Waals surface area (Å²) in [6, 6.07) is 17.5. The number of thiazole rings is 1. The Bertz CT molecular complexity index is 1200. The predicted molar refractivity (Wildman–Crippen MR) is 121 cm³/mol. The molecule has 2 aromatic heterocycles. The summed E-state index contributed by atoms with van der Waals surface area (Å²) >= 11 is 4.99. The molecule has 0 saturated carbocycles. The standard InChI is InChI=1S/C22H20BrN3O2S/c1-25(12-16-10-17(23)8-9-20(16)28-2)13-18-11-21(27)26-19(14-29-22(26)24-18)15-6-4-3-5-7-15/h3-11,14H,12-13H2,1-2H3. The van der Waals surface area contributed by atoms with Crippen LogP contribution in [0.2, 0.25) is 0 Å². The van der Waals surface area contributed by atoms with E-state index < -0.39 is 0 Å². The Kier molecular flexibility index (Phi) is 5.80. The number of hydrogen-bond donors (Lipinski definition) is 0. The minimum absolute atomic E-state index is 0.0569. The molecule has 0 spiro atoms. The second-order valence-electron chi connectivity index (χ2n) is 6.82. The first-order valence-corrected chi connectivity index (χ1v) is 10.8. The minimum Gasteiger partial charge on any atom is -0.496 e. The van der Waals surface area contributed by atoms with Crippen molar-refractivity contribution in [2.75, 3.05) is 14.2 Å². The fourth-order valence-corrected chi connectivity index (χ4v) is 4.68. The van der Waals surface area contributed by atoms with Gasteiger partial charge in [-0.05, 0) is 30.8 Å². The zero-order valence-corrected chi connectivity index (χ0v) is 18.5. The summed E-state index contributed by atoms with van der Waals surface area (Å²) in [7, 11) is 3.68. The molecule has 0 aliphatic heterocycles. The van der Waals surface area contributed by atoms with Crippen LogP contribution in [0.4, 0.5) is 0 Å². The van der Waals surface area contributed by atoms with Crippen LogP contribution < -0.4 is 10.3 Å². The lowest BCUT2D eigenvalue weighted by Crippen LogP contribution is -2.21.